The first-order chi connectivity index (χ1) is 8.22. The third-order valence-electron chi connectivity index (χ3n) is 2.75. The normalized spacial score (nSPS) is 10.0. The lowest BCUT2D eigenvalue weighted by Gasteiger charge is -2.08. The molecule has 0 radical (unpaired) electrons. The van der Waals surface area contributed by atoms with Gasteiger partial charge in [0.15, 0.2) is 0 Å². The summed E-state index contributed by atoms with van der Waals surface area (Å²) in [6, 6.07) is 9.05. The van der Waals surface area contributed by atoms with Crippen molar-refractivity contribution >= 4 is 0 Å². The van der Waals surface area contributed by atoms with Gasteiger partial charge in [-0.1, -0.05) is 45.0 Å². The zero-order chi connectivity index (χ0) is 13.1. The van der Waals surface area contributed by atoms with Gasteiger partial charge in [0.1, 0.15) is 0 Å². The lowest BCUT2D eigenvalue weighted by molar-refractivity contribution is 0.394. The molecular formula is C16H29N. The van der Waals surface area contributed by atoms with Crippen LogP contribution in [0.4, 0.5) is 0 Å². The average molecular weight is 235 g/mol. The van der Waals surface area contributed by atoms with E-state index in [1.54, 1.807) is 0 Å². The summed E-state index contributed by atoms with van der Waals surface area (Å²) in [5.74, 6) is 0. The Bertz CT molecular complexity index is 261. The van der Waals surface area contributed by atoms with Crippen LogP contribution in [0.3, 0.4) is 0 Å². The van der Waals surface area contributed by atoms with Crippen LogP contribution in [0.2, 0.25) is 0 Å². The first kappa shape index (κ1) is 16.2. The number of aryl methyl sites for hydroxylation is 2. The van der Waals surface area contributed by atoms with Gasteiger partial charge in [-0.3, -0.25) is 0 Å². The summed E-state index contributed by atoms with van der Waals surface area (Å²) in [4.78, 5) is 2.25. The number of hydrogen-bond donors (Lipinski definition) is 0. The molecule has 0 atom stereocenters. The predicted octanol–water partition coefficient (Wildman–Crippen LogP) is 4.16. The molecule has 0 N–H and O–H groups in total. The van der Waals surface area contributed by atoms with E-state index in [9.17, 15) is 0 Å². The van der Waals surface area contributed by atoms with Gasteiger partial charge >= 0.3 is 0 Å². The van der Waals surface area contributed by atoms with E-state index in [0.717, 1.165) is 6.42 Å². The number of hydrogen-bond acceptors (Lipinski definition) is 1. The van der Waals surface area contributed by atoms with Crippen LogP contribution in [0.15, 0.2) is 24.3 Å². The van der Waals surface area contributed by atoms with Gasteiger partial charge in [-0.25, -0.2) is 0 Å². The van der Waals surface area contributed by atoms with Crippen LogP contribution >= 0.6 is 0 Å². The molecule has 0 spiro atoms. The maximum atomic E-state index is 2.27. The van der Waals surface area contributed by atoms with E-state index >= 15 is 0 Å². The molecule has 0 aliphatic rings. The van der Waals surface area contributed by atoms with Crippen LogP contribution < -0.4 is 0 Å². The summed E-state index contributed by atoms with van der Waals surface area (Å²) in [5.41, 5.74) is 2.91. The second kappa shape index (κ2) is 10.3. The Morgan fingerprint density at radius 2 is 1.41 bits per heavy atom. The molecule has 0 saturated carbocycles. The molecule has 0 aliphatic carbocycles. The summed E-state index contributed by atoms with van der Waals surface area (Å²) in [6.07, 6.45) is 4.95. The Balaban J connectivity index is 0.00000121. The highest BCUT2D eigenvalue weighted by Crippen LogP contribution is 2.08. The minimum absolute atomic E-state index is 1.14. The molecule has 98 valence electrons. The van der Waals surface area contributed by atoms with Crippen LogP contribution in [0.5, 0.6) is 0 Å². The van der Waals surface area contributed by atoms with Gasteiger partial charge in [-0.2, -0.15) is 0 Å². The van der Waals surface area contributed by atoms with Crippen molar-refractivity contribution in [1.29, 1.82) is 0 Å². The molecule has 1 aromatic rings. The number of nitrogens with zero attached hydrogens (tertiary/aromatic N) is 1. The second-order valence-electron chi connectivity index (χ2n) is 4.43. The van der Waals surface area contributed by atoms with Gasteiger partial charge in [0.05, 0.1) is 0 Å². The molecule has 0 aromatic heterocycles. The third-order valence-corrected chi connectivity index (χ3v) is 2.75. The quantitative estimate of drug-likeness (QED) is 0.669. The van der Waals surface area contributed by atoms with Gasteiger partial charge in [-0.15, -0.1) is 0 Å². The van der Waals surface area contributed by atoms with Gasteiger partial charge in [0.2, 0.25) is 0 Å². The molecule has 0 aliphatic heterocycles. The molecule has 1 rings (SSSR count). The predicted molar refractivity (Wildman–Crippen MR) is 78.7 cm³/mol. The van der Waals surface area contributed by atoms with Crippen molar-refractivity contribution < 1.29 is 0 Å². The highest BCUT2D eigenvalue weighted by molar-refractivity contribution is 5.22. The van der Waals surface area contributed by atoms with E-state index < -0.39 is 0 Å². The zero-order valence-corrected chi connectivity index (χ0v) is 12.3. The maximum absolute atomic E-state index is 2.27. The van der Waals surface area contributed by atoms with Crippen LogP contribution in [0, 0.1) is 0 Å². The largest absolute Gasteiger partial charge is 0.309 e. The van der Waals surface area contributed by atoms with E-state index in [1.807, 2.05) is 13.8 Å². The van der Waals surface area contributed by atoms with E-state index in [1.165, 1.54) is 36.9 Å². The van der Waals surface area contributed by atoms with E-state index in [-0.39, 0.29) is 0 Å². The number of benzene rings is 1. The van der Waals surface area contributed by atoms with Gasteiger partial charge < -0.3 is 4.90 Å². The molecule has 0 saturated heterocycles. The maximum Gasteiger partial charge on any atom is -0.00247 e. The standard InChI is InChI=1S/C14H23N.C2H6/c1-4-13-8-10-14(11-9-13)7-5-6-12-15(2)3;1-2/h8-11H,4-7,12H2,1-3H3;1-2H3. The van der Waals surface area contributed by atoms with E-state index in [2.05, 4.69) is 50.2 Å². The van der Waals surface area contributed by atoms with Crippen molar-refractivity contribution in [3.05, 3.63) is 35.4 Å². The summed E-state index contributed by atoms with van der Waals surface area (Å²) in [6.45, 7) is 7.40. The Hall–Kier alpha value is -0.820. The van der Waals surface area contributed by atoms with E-state index in [4.69, 9.17) is 0 Å². The lowest BCUT2D eigenvalue weighted by Crippen LogP contribution is -2.12. The minimum atomic E-state index is 1.14. The molecule has 0 unspecified atom stereocenters. The highest BCUT2D eigenvalue weighted by atomic mass is 15.0. The summed E-state index contributed by atoms with van der Waals surface area (Å²) < 4.78 is 0. The van der Waals surface area contributed by atoms with Crippen molar-refractivity contribution in [3.8, 4) is 0 Å². The van der Waals surface area contributed by atoms with Crippen molar-refractivity contribution in [2.24, 2.45) is 0 Å². The van der Waals surface area contributed by atoms with Crippen LogP contribution in [-0.2, 0) is 12.8 Å². The average Bonchev–Trinajstić information content (AvgIpc) is 2.37. The fourth-order valence-electron chi connectivity index (χ4n) is 1.70. The first-order valence-electron chi connectivity index (χ1n) is 6.95. The van der Waals surface area contributed by atoms with Gasteiger partial charge in [-0.05, 0) is 57.5 Å². The number of unbranched alkanes of at least 4 members (excludes halogenated alkanes) is 1. The molecule has 1 aromatic carbocycles. The summed E-state index contributed by atoms with van der Waals surface area (Å²) >= 11 is 0. The number of rotatable bonds is 6. The molecule has 0 bridgehead atoms. The lowest BCUT2D eigenvalue weighted by atomic mass is 10.1. The monoisotopic (exact) mass is 235 g/mol. The molecule has 17 heavy (non-hydrogen) atoms. The molecule has 1 nitrogen and oxygen atoms in total. The fourth-order valence-corrected chi connectivity index (χ4v) is 1.70. The third kappa shape index (κ3) is 7.98. The van der Waals surface area contributed by atoms with E-state index in [0.29, 0.717) is 0 Å². The van der Waals surface area contributed by atoms with Crippen LogP contribution in [-0.4, -0.2) is 25.5 Å². The molecule has 0 fully saturated rings. The van der Waals surface area contributed by atoms with Crippen molar-refractivity contribution in [2.75, 3.05) is 20.6 Å². The molecule has 0 amide bonds. The molecular weight excluding hydrogens is 206 g/mol. The SMILES string of the molecule is CC.CCc1ccc(CCCCN(C)C)cc1. The first-order valence-corrected chi connectivity index (χ1v) is 6.95. The Kier molecular flexibility index (Phi) is 9.84. The van der Waals surface area contributed by atoms with Crippen LogP contribution in [0.1, 0.15) is 44.7 Å². The summed E-state index contributed by atoms with van der Waals surface area (Å²) in [7, 11) is 4.27. The Morgan fingerprint density at radius 3 is 1.88 bits per heavy atom. The van der Waals surface area contributed by atoms with Crippen molar-refractivity contribution in [3.63, 3.8) is 0 Å². The Morgan fingerprint density at radius 1 is 0.882 bits per heavy atom. The molecule has 1 heteroatoms. The topological polar surface area (TPSA) is 3.24 Å². The van der Waals surface area contributed by atoms with Crippen LogP contribution in [0.25, 0.3) is 0 Å². The molecule has 0 heterocycles. The summed E-state index contributed by atoms with van der Waals surface area (Å²) in [5, 5.41) is 0. The fraction of sp³-hybridized carbons (Fsp3) is 0.625. The van der Waals surface area contributed by atoms with Crippen molar-refractivity contribution in [1.82, 2.24) is 4.90 Å². The smallest absolute Gasteiger partial charge is 0.00247 e. The minimum Gasteiger partial charge on any atom is -0.309 e. The second-order valence-corrected chi connectivity index (χ2v) is 4.43. The highest BCUT2D eigenvalue weighted by Gasteiger charge is 1.95. The van der Waals surface area contributed by atoms with Crippen molar-refractivity contribution in [2.45, 2.75) is 46.5 Å². The van der Waals surface area contributed by atoms with Gasteiger partial charge in [0, 0.05) is 0 Å². The zero-order valence-electron chi connectivity index (χ0n) is 12.3. The Labute approximate surface area is 108 Å². The van der Waals surface area contributed by atoms with Gasteiger partial charge in [0.25, 0.3) is 0 Å².